The van der Waals surface area contributed by atoms with Crippen LogP contribution in [0.4, 0.5) is 5.69 Å². The van der Waals surface area contributed by atoms with E-state index in [9.17, 15) is 14.9 Å². The molecule has 0 saturated carbocycles. The summed E-state index contributed by atoms with van der Waals surface area (Å²) in [6.45, 7) is 1.50. The Bertz CT molecular complexity index is 529. The summed E-state index contributed by atoms with van der Waals surface area (Å²) in [5.41, 5.74) is -0.259. The van der Waals surface area contributed by atoms with Crippen LogP contribution in [0.3, 0.4) is 0 Å². The van der Waals surface area contributed by atoms with Gasteiger partial charge in [-0.25, -0.2) is 4.79 Å². The Kier molecular flexibility index (Phi) is 13.3. The number of nitrogens with zero attached hydrogens (tertiary/aromatic N) is 3. The van der Waals surface area contributed by atoms with Crippen LogP contribution in [0, 0.1) is 47.7 Å². The van der Waals surface area contributed by atoms with Crippen molar-refractivity contribution in [2.75, 3.05) is 0 Å². The number of benzene rings is 1. The molecule has 0 spiro atoms. The molecule has 0 bridgehead atoms. The molecule has 0 aliphatic carbocycles. The van der Waals surface area contributed by atoms with Crippen molar-refractivity contribution in [2.24, 2.45) is 0 Å². The van der Waals surface area contributed by atoms with Crippen LogP contribution in [0.25, 0.3) is 0 Å². The van der Waals surface area contributed by atoms with Crippen LogP contribution in [-0.4, -0.2) is 49.2 Å². The molecule has 1 aromatic rings. The van der Waals surface area contributed by atoms with Crippen LogP contribution in [0.2, 0.25) is 0 Å². The Hall–Kier alpha value is -2.74. The van der Waals surface area contributed by atoms with Gasteiger partial charge in [0.25, 0.3) is 5.69 Å². The van der Waals surface area contributed by atoms with Gasteiger partial charge in [0.05, 0.1) is 15.1 Å². The summed E-state index contributed by atoms with van der Waals surface area (Å²) in [6, 6.07) is 4.20. The van der Waals surface area contributed by atoms with Gasteiger partial charge in [-0.1, -0.05) is 12.1 Å². The molecule has 1 N–H and O–H groups in total. The van der Waals surface area contributed by atoms with Gasteiger partial charge in [-0.2, -0.15) is 0 Å². The van der Waals surface area contributed by atoms with Gasteiger partial charge >= 0.3 is 29.0 Å². The molecule has 0 aliphatic rings. The first kappa shape index (κ1) is 24.3. The summed E-state index contributed by atoms with van der Waals surface area (Å²) in [5.74, 6) is -1.28. The van der Waals surface area contributed by atoms with E-state index in [1.807, 2.05) is 0 Å². The van der Waals surface area contributed by atoms with Gasteiger partial charge in [-0.05, 0) is 13.0 Å². The number of carboxylic acid groups (broad SMARTS) is 1. The van der Waals surface area contributed by atoms with E-state index in [0.29, 0.717) is 5.56 Å². The van der Waals surface area contributed by atoms with Crippen LogP contribution in [-0.2, 0) is 0 Å². The summed E-state index contributed by atoms with van der Waals surface area (Å²) in [4.78, 5) is 36.9. The zero-order chi connectivity index (χ0) is 17.2. The quantitative estimate of drug-likeness (QED) is 0.456. The second-order valence-corrected chi connectivity index (χ2v) is 2.98. The summed E-state index contributed by atoms with van der Waals surface area (Å²) in [5, 5.41) is 48.6. The minimum Gasteiger partial charge on any atom is -0.477 e. The Morgan fingerprint density at radius 2 is 1.36 bits per heavy atom. The molecule has 116 valence electrons. The number of aryl methyl sites for hydroxylation is 1. The van der Waals surface area contributed by atoms with E-state index in [-0.39, 0.29) is 34.3 Å². The molecule has 0 fully saturated rings. The monoisotopic (exact) mass is 329 g/mol. The zero-order valence-corrected chi connectivity index (χ0v) is 12.3. The normalized spacial score (nSPS) is 7.86. The number of carbonyl (C=O) groups is 1. The molecule has 0 unspecified atom stereocenters. The van der Waals surface area contributed by atoms with Crippen LogP contribution in [0.5, 0.6) is 0 Å². The summed E-state index contributed by atoms with van der Waals surface area (Å²) < 4.78 is 0. The fourth-order valence-corrected chi connectivity index (χ4v) is 1.07. The van der Waals surface area contributed by atoms with Crippen molar-refractivity contribution in [3.05, 3.63) is 70.1 Å². The third-order valence-corrected chi connectivity index (χ3v) is 1.65. The first-order valence-corrected chi connectivity index (χ1v) is 4.61. The third-order valence-electron chi connectivity index (χ3n) is 1.65. The third kappa shape index (κ3) is 12.3. The molecular formula is C8H7MgN3O10. The van der Waals surface area contributed by atoms with Gasteiger partial charge in [-0.3, -0.25) is 10.1 Å². The van der Waals surface area contributed by atoms with Crippen molar-refractivity contribution in [1.82, 2.24) is 0 Å². The largest absolute Gasteiger partial charge is 2.00 e. The van der Waals surface area contributed by atoms with Gasteiger partial charge in [0.1, 0.15) is 5.56 Å². The van der Waals surface area contributed by atoms with E-state index >= 15 is 0 Å². The molecule has 0 radical (unpaired) electrons. The van der Waals surface area contributed by atoms with Gasteiger partial charge in [-0.15, -0.1) is 0 Å². The number of para-hydroxylation sites is 1. The number of hydrogen-bond acceptors (Lipinski definition) is 9. The standard InChI is InChI=1S/C8H7NO4.Mg.2NO3/c1-5-3-2-4-6(8(10)11)7(5)9(12)13;;2*2-1(3)4/h2-4H,1H3,(H,10,11);;;/q;+2;2*-1. The number of nitro groups is 1. The molecule has 22 heavy (non-hydrogen) atoms. The molecule has 14 heteroatoms. The number of carboxylic acids is 1. The minimum atomic E-state index is -1.75. The van der Waals surface area contributed by atoms with Gasteiger partial charge < -0.3 is 35.7 Å². The number of aromatic carboxylic acids is 1. The predicted octanol–water partition coefficient (Wildman–Crippen LogP) is 0.742. The van der Waals surface area contributed by atoms with E-state index in [1.54, 1.807) is 0 Å². The fraction of sp³-hybridized carbons (Fsp3) is 0.125. The predicted molar refractivity (Wildman–Crippen MR) is 71.3 cm³/mol. The Morgan fingerprint density at radius 1 is 1.00 bits per heavy atom. The van der Waals surface area contributed by atoms with Crippen molar-refractivity contribution >= 4 is 34.7 Å². The molecule has 0 atom stereocenters. The Balaban J connectivity index is -0.000000338. The summed E-state index contributed by atoms with van der Waals surface area (Å²) in [6.07, 6.45) is 0. The van der Waals surface area contributed by atoms with Crippen molar-refractivity contribution in [1.29, 1.82) is 0 Å². The van der Waals surface area contributed by atoms with Crippen LogP contribution in [0.1, 0.15) is 15.9 Å². The smallest absolute Gasteiger partial charge is 0.477 e. The molecule has 13 nitrogen and oxygen atoms in total. The first-order valence-electron chi connectivity index (χ1n) is 4.61. The van der Waals surface area contributed by atoms with Gasteiger partial charge in [0, 0.05) is 5.56 Å². The van der Waals surface area contributed by atoms with Gasteiger partial charge in [0.15, 0.2) is 0 Å². The fourth-order valence-electron chi connectivity index (χ4n) is 1.07. The molecule has 0 heterocycles. The van der Waals surface area contributed by atoms with Crippen molar-refractivity contribution in [3.63, 3.8) is 0 Å². The molecule has 1 aromatic carbocycles. The maximum Gasteiger partial charge on any atom is 2.00 e. The average Bonchev–Trinajstić information content (AvgIpc) is 2.26. The Morgan fingerprint density at radius 3 is 1.59 bits per heavy atom. The van der Waals surface area contributed by atoms with Crippen LogP contribution in [0.15, 0.2) is 18.2 Å². The molecule has 0 aliphatic heterocycles. The first-order chi connectivity index (χ1) is 9.50. The van der Waals surface area contributed by atoms with E-state index in [1.165, 1.54) is 25.1 Å². The summed E-state index contributed by atoms with van der Waals surface area (Å²) in [7, 11) is 0. The molecule has 0 saturated heterocycles. The summed E-state index contributed by atoms with van der Waals surface area (Å²) >= 11 is 0. The van der Waals surface area contributed by atoms with Crippen molar-refractivity contribution in [3.8, 4) is 0 Å². The second-order valence-electron chi connectivity index (χ2n) is 2.98. The topological polar surface area (TPSA) is 213 Å². The van der Waals surface area contributed by atoms with E-state index in [4.69, 9.17) is 35.7 Å². The molecule has 1 rings (SSSR count). The number of hydrogen-bond donors (Lipinski definition) is 1. The zero-order valence-electron chi connectivity index (χ0n) is 10.9. The minimum absolute atomic E-state index is 0. The maximum absolute atomic E-state index is 10.6. The second kappa shape index (κ2) is 12.0. The van der Waals surface area contributed by atoms with E-state index < -0.39 is 21.1 Å². The number of nitro benzene ring substituents is 1. The van der Waals surface area contributed by atoms with Crippen LogP contribution < -0.4 is 0 Å². The van der Waals surface area contributed by atoms with Gasteiger partial charge in [0.2, 0.25) is 0 Å². The molecule has 0 aromatic heterocycles. The number of rotatable bonds is 2. The van der Waals surface area contributed by atoms with E-state index in [0.717, 1.165) is 0 Å². The Labute approximate surface area is 137 Å². The SMILES string of the molecule is Cc1cccc(C(=O)O)c1[N+](=O)[O-].O=[N+]([O-])[O-].O=[N+]([O-])[O-].[Mg+2]. The maximum atomic E-state index is 10.6. The molecular weight excluding hydrogens is 322 g/mol. The average molecular weight is 329 g/mol. The molecule has 0 amide bonds. The van der Waals surface area contributed by atoms with Crippen molar-refractivity contribution in [2.45, 2.75) is 6.92 Å². The van der Waals surface area contributed by atoms with E-state index in [2.05, 4.69) is 0 Å². The van der Waals surface area contributed by atoms with Crippen molar-refractivity contribution < 1.29 is 25.0 Å². The van der Waals surface area contributed by atoms with Crippen LogP contribution >= 0.6 is 0 Å².